The summed E-state index contributed by atoms with van der Waals surface area (Å²) in [5.74, 6) is -0.178. The highest BCUT2D eigenvalue weighted by atomic mass is 79.9. The molecule has 1 aromatic carbocycles. The molecule has 0 amide bonds. The summed E-state index contributed by atoms with van der Waals surface area (Å²) in [7, 11) is 0. The predicted octanol–water partition coefficient (Wildman–Crippen LogP) is 4.93. The van der Waals surface area contributed by atoms with Crippen molar-refractivity contribution in [3.63, 3.8) is 0 Å². The number of pyridine rings is 1. The quantitative estimate of drug-likeness (QED) is 0.807. The van der Waals surface area contributed by atoms with Crippen LogP contribution in [0.15, 0.2) is 34.9 Å². The van der Waals surface area contributed by atoms with Gasteiger partial charge in [0.1, 0.15) is 0 Å². The Morgan fingerprint density at radius 1 is 1.43 bits per heavy atom. The molecule has 2 aromatic rings. The minimum Gasteiger partial charge on any atom is -0.436 e. The molecule has 0 aliphatic rings. The van der Waals surface area contributed by atoms with Crippen molar-refractivity contribution in [2.45, 2.75) is 26.4 Å². The monoisotopic (exact) mass is 372 g/mol. The molecule has 1 heterocycles. The fourth-order valence-electron chi connectivity index (χ4n) is 1.67. The van der Waals surface area contributed by atoms with Gasteiger partial charge in [0.15, 0.2) is 11.6 Å². The lowest BCUT2D eigenvalue weighted by Gasteiger charge is -2.13. The van der Waals surface area contributed by atoms with E-state index in [9.17, 15) is 4.39 Å². The second kappa shape index (κ2) is 7.20. The van der Waals surface area contributed by atoms with E-state index >= 15 is 0 Å². The van der Waals surface area contributed by atoms with E-state index in [0.717, 1.165) is 10.0 Å². The van der Waals surface area contributed by atoms with Gasteiger partial charge in [-0.15, -0.1) is 0 Å². The third-order valence-electron chi connectivity index (χ3n) is 2.72. The van der Waals surface area contributed by atoms with Gasteiger partial charge < -0.3 is 10.1 Å². The summed E-state index contributed by atoms with van der Waals surface area (Å²) < 4.78 is 20.3. The lowest BCUT2D eigenvalue weighted by molar-refractivity contribution is 0.419. The van der Waals surface area contributed by atoms with Crippen LogP contribution in [-0.2, 0) is 6.54 Å². The maximum Gasteiger partial charge on any atom is 0.223 e. The average molecular weight is 374 g/mol. The molecule has 0 atom stereocenters. The lowest BCUT2D eigenvalue weighted by atomic mass is 10.2. The van der Waals surface area contributed by atoms with Crippen molar-refractivity contribution in [1.29, 1.82) is 0 Å². The molecule has 6 heteroatoms. The molecule has 0 spiro atoms. The highest BCUT2D eigenvalue weighted by molar-refractivity contribution is 9.10. The summed E-state index contributed by atoms with van der Waals surface area (Å²) in [5, 5.41) is 3.30. The SMILES string of the molecule is CC(C)NCc1cc(Br)cnc1Oc1cccc(Cl)c1F. The second-order valence-electron chi connectivity index (χ2n) is 4.81. The Labute approximate surface area is 136 Å². The van der Waals surface area contributed by atoms with Gasteiger partial charge in [-0.3, -0.25) is 0 Å². The largest absolute Gasteiger partial charge is 0.436 e. The first-order chi connectivity index (χ1) is 9.97. The van der Waals surface area contributed by atoms with Crippen LogP contribution in [0.1, 0.15) is 19.4 Å². The molecule has 2 rings (SSSR count). The summed E-state index contributed by atoms with van der Waals surface area (Å²) >= 11 is 9.13. The minimum absolute atomic E-state index is 0.0199. The van der Waals surface area contributed by atoms with Crippen LogP contribution in [0.4, 0.5) is 4.39 Å². The van der Waals surface area contributed by atoms with Gasteiger partial charge in [0.05, 0.1) is 5.02 Å². The van der Waals surface area contributed by atoms with Gasteiger partial charge in [-0.2, -0.15) is 0 Å². The molecule has 1 aromatic heterocycles. The zero-order valence-electron chi connectivity index (χ0n) is 11.7. The van der Waals surface area contributed by atoms with Gasteiger partial charge in [-0.1, -0.05) is 31.5 Å². The van der Waals surface area contributed by atoms with Crippen LogP contribution in [0.25, 0.3) is 0 Å². The van der Waals surface area contributed by atoms with Gasteiger partial charge in [0, 0.05) is 28.8 Å². The Hall–Kier alpha value is -1.17. The van der Waals surface area contributed by atoms with Crippen LogP contribution in [0.3, 0.4) is 0 Å². The van der Waals surface area contributed by atoms with E-state index in [1.165, 1.54) is 12.1 Å². The molecule has 0 aliphatic carbocycles. The topological polar surface area (TPSA) is 34.2 Å². The van der Waals surface area contributed by atoms with E-state index in [1.807, 2.05) is 19.9 Å². The summed E-state index contributed by atoms with van der Waals surface area (Å²) in [5.41, 5.74) is 0.831. The van der Waals surface area contributed by atoms with E-state index in [-0.39, 0.29) is 10.8 Å². The number of rotatable bonds is 5. The zero-order valence-corrected chi connectivity index (χ0v) is 14.0. The Morgan fingerprint density at radius 3 is 2.90 bits per heavy atom. The van der Waals surface area contributed by atoms with Crippen molar-refractivity contribution < 1.29 is 9.13 Å². The molecule has 0 fully saturated rings. The Morgan fingerprint density at radius 2 is 2.19 bits per heavy atom. The molecular weight excluding hydrogens is 359 g/mol. The molecule has 0 radical (unpaired) electrons. The Bertz CT molecular complexity index is 637. The number of nitrogens with one attached hydrogen (secondary N) is 1. The molecule has 0 saturated carbocycles. The highest BCUT2D eigenvalue weighted by Crippen LogP contribution is 2.30. The van der Waals surface area contributed by atoms with Crippen LogP contribution in [0.2, 0.25) is 5.02 Å². The number of hydrogen-bond donors (Lipinski definition) is 1. The van der Waals surface area contributed by atoms with Crippen LogP contribution in [0.5, 0.6) is 11.6 Å². The van der Waals surface area contributed by atoms with Gasteiger partial charge in [0.25, 0.3) is 0 Å². The van der Waals surface area contributed by atoms with Gasteiger partial charge in [-0.25, -0.2) is 9.37 Å². The number of halogens is 3. The van der Waals surface area contributed by atoms with Crippen molar-refractivity contribution in [2.75, 3.05) is 0 Å². The molecule has 0 aliphatic heterocycles. The summed E-state index contributed by atoms with van der Waals surface area (Å²) in [6, 6.07) is 6.83. The fourth-order valence-corrected chi connectivity index (χ4v) is 2.21. The summed E-state index contributed by atoms with van der Waals surface area (Å²) in [6.07, 6.45) is 1.61. The maximum absolute atomic E-state index is 13.9. The summed E-state index contributed by atoms with van der Waals surface area (Å²) in [4.78, 5) is 4.20. The van der Waals surface area contributed by atoms with Gasteiger partial charge in [0.2, 0.25) is 5.88 Å². The number of benzene rings is 1. The van der Waals surface area contributed by atoms with Crippen molar-refractivity contribution in [3.05, 3.63) is 51.3 Å². The molecule has 112 valence electrons. The standard InChI is InChI=1S/C15H15BrClFN2O/c1-9(2)19-7-10-6-11(16)8-20-15(10)21-13-5-3-4-12(17)14(13)18/h3-6,8-9,19H,7H2,1-2H3. The number of hydrogen-bond acceptors (Lipinski definition) is 3. The predicted molar refractivity (Wildman–Crippen MR) is 85.4 cm³/mol. The van der Waals surface area contributed by atoms with Gasteiger partial charge >= 0.3 is 0 Å². The van der Waals surface area contributed by atoms with E-state index in [0.29, 0.717) is 18.5 Å². The molecule has 1 N–H and O–H groups in total. The first kappa shape index (κ1) is 16.2. The van der Waals surface area contributed by atoms with Crippen LogP contribution < -0.4 is 10.1 Å². The third-order valence-corrected chi connectivity index (χ3v) is 3.44. The fraction of sp³-hybridized carbons (Fsp3) is 0.267. The molecular formula is C15H15BrClFN2O. The van der Waals surface area contributed by atoms with Crippen molar-refractivity contribution >= 4 is 27.5 Å². The average Bonchev–Trinajstić information content (AvgIpc) is 2.43. The maximum atomic E-state index is 13.9. The molecule has 3 nitrogen and oxygen atoms in total. The number of aromatic nitrogens is 1. The van der Waals surface area contributed by atoms with Crippen LogP contribution in [-0.4, -0.2) is 11.0 Å². The number of ether oxygens (including phenoxy) is 1. The first-order valence-electron chi connectivity index (χ1n) is 6.47. The Balaban J connectivity index is 2.28. The molecule has 21 heavy (non-hydrogen) atoms. The van der Waals surface area contributed by atoms with E-state index < -0.39 is 5.82 Å². The van der Waals surface area contributed by atoms with Gasteiger partial charge in [-0.05, 0) is 34.1 Å². The smallest absolute Gasteiger partial charge is 0.223 e. The zero-order chi connectivity index (χ0) is 15.4. The highest BCUT2D eigenvalue weighted by Gasteiger charge is 2.13. The number of nitrogens with zero attached hydrogens (tertiary/aromatic N) is 1. The third kappa shape index (κ3) is 4.40. The first-order valence-corrected chi connectivity index (χ1v) is 7.64. The van der Waals surface area contributed by atoms with E-state index in [2.05, 4.69) is 26.2 Å². The normalized spacial score (nSPS) is 11.0. The minimum atomic E-state index is -0.591. The molecule has 0 saturated heterocycles. The summed E-state index contributed by atoms with van der Waals surface area (Å²) in [6.45, 7) is 4.66. The van der Waals surface area contributed by atoms with Crippen molar-refractivity contribution in [1.82, 2.24) is 10.3 Å². The second-order valence-corrected chi connectivity index (χ2v) is 6.13. The van der Waals surface area contributed by atoms with Crippen molar-refractivity contribution in [3.8, 4) is 11.6 Å². The van der Waals surface area contributed by atoms with E-state index in [1.54, 1.807) is 12.3 Å². The van der Waals surface area contributed by atoms with Crippen molar-refractivity contribution in [2.24, 2.45) is 0 Å². The van der Waals surface area contributed by atoms with Crippen LogP contribution in [0, 0.1) is 5.82 Å². The molecule has 0 bridgehead atoms. The lowest BCUT2D eigenvalue weighted by Crippen LogP contribution is -2.22. The molecule has 0 unspecified atom stereocenters. The Kier molecular flexibility index (Phi) is 5.56. The van der Waals surface area contributed by atoms with Crippen LogP contribution >= 0.6 is 27.5 Å². The van der Waals surface area contributed by atoms with E-state index in [4.69, 9.17) is 16.3 Å².